The van der Waals surface area contributed by atoms with Crippen molar-refractivity contribution in [1.82, 2.24) is 14.9 Å². The second-order valence-electron chi connectivity index (χ2n) is 3.79. The maximum atomic E-state index is 11.8. The predicted octanol–water partition coefficient (Wildman–Crippen LogP) is 1.42. The molecular formula is C10H15N3O. The molecule has 0 aliphatic heterocycles. The molecule has 2 rings (SSSR count). The van der Waals surface area contributed by atoms with Gasteiger partial charge in [0.05, 0.1) is 0 Å². The second-order valence-corrected chi connectivity index (χ2v) is 3.79. The first kappa shape index (κ1) is 9.24. The van der Waals surface area contributed by atoms with Crippen LogP contribution in [0.2, 0.25) is 0 Å². The van der Waals surface area contributed by atoms with Crippen molar-refractivity contribution in [2.75, 3.05) is 7.05 Å². The highest BCUT2D eigenvalue weighted by atomic mass is 16.2. The molecule has 0 spiro atoms. The van der Waals surface area contributed by atoms with Gasteiger partial charge in [-0.2, -0.15) is 0 Å². The summed E-state index contributed by atoms with van der Waals surface area (Å²) in [5.74, 6) is 0.446. The van der Waals surface area contributed by atoms with Gasteiger partial charge in [0.2, 0.25) is 0 Å². The first-order chi connectivity index (χ1) is 6.79. The fourth-order valence-corrected chi connectivity index (χ4v) is 2.01. The van der Waals surface area contributed by atoms with Crippen LogP contribution in [-0.4, -0.2) is 33.9 Å². The number of hydrogen-bond acceptors (Lipinski definition) is 2. The molecule has 4 nitrogen and oxygen atoms in total. The van der Waals surface area contributed by atoms with E-state index >= 15 is 0 Å². The minimum Gasteiger partial charge on any atom is -0.341 e. The number of hydrogen-bond donors (Lipinski definition) is 1. The van der Waals surface area contributed by atoms with E-state index in [9.17, 15) is 4.79 Å². The number of carbonyl (C=O) groups is 1. The van der Waals surface area contributed by atoms with Gasteiger partial charge in [-0.3, -0.25) is 4.79 Å². The fourth-order valence-electron chi connectivity index (χ4n) is 2.01. The van der Waals surface area contributed by atoms with Gasteiger partial charge < -0.3 is 9.88 Å². The Bertz CT molecular complexity index is 301. The number of imidazole rings is 1. The lowest BCUT2D eigenvalue weighted by atomic mass is 10.2. The molecule has 1 aliphatic carbocycles. The van der Waals surface area contributed by atoms with Crippen LogP contribution in [0.5, 0.6) is 0 Å². The zero-order valence-electron chi connectivity index (χ0n) is 8.36. The van der Waals surface area contributed by atoms with E-state index in [4.69, 9.17) is 0 Å². The number of aromatic nitrogens is 2. The summed E-state index contributed by atoms with van der Waals surface area (Å²) in [6, 6.07) is 0.410. The van der Waals surface area contributed by atoms with Crippen molar-refractivity contribution >= 4 is 5.91 Å². The Hall–Kier alpha value is -1.32. The smallest absolute Gasteiger partial charge is 0.289 e. The highest BCUT2D eigenvalue weighted by Crippen LogP contribution is 2.22. The molecule has 1 saturated carbocycles. The van der Waals surface area contributed by atoms with Gasteiger partial charge in [0.1, 0.15) is 0 Å². The summed E-state index contributed by atoms with van der Waals surface area (Å²) in [5.41, 5.74) is 0. The molecular weight excluding hydrogens is 178 g/mol. The number of amides is 1. The van der Waals surface area contributed by atoms with Crippen molar-refractivity contribution in [2.45, 2.75) is 31.7 Å². The SMILES string of the molecule is CN(C(=O)c1ncc[nH]1)C1CCCC1. The molecule has 1 aliphatic rings. The molecule has 1 aromatic heterocycles. The normalized spacial score (nSPS) is 17.2. The zero-order chi connectivity index (χ0) is 9.97. The predicted molar refractivity (Wildman–Crippen MR) is 52.9 cm³/mol. The average Bonchev–Trinajstić information content (AvgIpc) is 2.87. The molecule has 14 heavy (non-hydrogen) atoms. The van der Waals surface area contributed by atoms with Crippen LogP contribution < -0.4 is 0 Å². The monoisotopic (exact) mass is 193 g/mol. The largest absolute Gasteiger partial charge is 0.341 e. The van der Waals surface area contributed by atoms with E-state index in [1.54, 1.807) is 12.4 Å². The van der Waals surface area contributed by atoms with Crippen LogP contribution in [0.15, 0.2) is 12.4 Å². The van der Waals surface area contributed by atoms with Crippen LogP contribution >= 0.6 is 0 Å². The molecule has 1 heterocycles. The highest BCUT2D eigenvalue weighted by molar-refractivity contribution is 5.90. The van der Waals surface area contributed by atoms with Crippen LogP contribution in [-0.2, 0) is 0 Å². The Kier molecular flexibility index (Phi) is 2.52. The third-order valence-corrected chi connectivity index (χ3v) is 2.89. The quantitative estimate of drug-likeness (QED) is 0.772. The Balaban J connectivity index is 2.04. The molecule has 1 amide bonds. The van der Waals surface area contributed by atoms with Crippen LogP contribution in [0.4, 0.5) is 0 Å². The number of nitrogens with zero attached hydrogens (tertiary/aromatic N) is 2. The first-order valence-corrected chi connectivity index (χ1v) is 5.05. The lowest BCUT2D eigenvalue weighted by Crippen LogP contribution is -2.35. The molecule has 0 atom stereocenters. The summed E-state index contributed by atoms with van der Waals surface area (Å²) in [7, 11) is 1.86. The van der Waals surface area contributed by atoms with Gasteiger partial charge in [-0.1, -0.05) is 12.8 Å². The second kappa shape index (κ2) is 3.82. The Morgan fingerprint density at radius 2 is 2.29 bits per heavy atom. The van der Waals surface area contributed by atoms with E-state index in [0.717, 1.165) is 12.8 Å². The van der Waals surface area contributed by atoms with Gasteiger partial charge in [0.15, 0.2) is 5.82 Å². The molecule has 0 unspecified atom stereocenters. The number of aromatic amines is 1. The Morgan fingerprint density at radius 3 is 2.86 bits per heavy atom. The maximum absolute atomic E-state index is 11.8. The lowest BCUT2D eigenvalue weighted by molar-refractivity contribution is 0.0724. The van der Waals surface area contributed by atoms with Crippen LogP contribution in [0.3, 0.4) is 0 Å². The maximum Gasteiger partial charge on any atom is 0.289 e. The number of carbonyl (C=O) groups excluding carboxylic acids is 1. The van der Waals surface area contributed by atoms with E-state index < -0.39 is 0 Å². The van der Waals surface area contributed by atoms with Crippen molar-refractivity contribution in [3.8, 4) is 0 Å². The molecule has 1 aromatic rings. The molecule has 4 heteroatoms. The van der Waals surface area contributed by atoms with E-state index in [1.165, 1.54) is 12.8 Å². The van der Waals surface area contributed by atoms with Gasteiger partial charge in [-0.25, -0.2) is 4.98 Å². The van der Waals surface area contributed by atoms with Crippen LogP contribution in [0.1, 0.15) is 36.3 Å². The summed E-state index contributed by atoms with van der Waals surface area (Å²) in [6.07, 6.45) is 8.01. The lowest BCUT2D eigenvalue weighted by Gasteiger charge is -2.22. The van der Waals surface area contributed by atoms with E-state index in [1.807, 2.05) is 11.9 Å². The zero-order valence-corrected chi connectivity index (χ0v) is 8.36. The third-order valence-electron chi connectivity index (χ3n) is 2.89. The van der Waals surface area contributed by atoms with E-state index in [0.29, 0.717) is 11.9 Å². The third kappa shape index (κ3) is 1.64. The van der Waals surface area contributed by atoms with Crippen LogP contribution in [0.25, 0.3) is 0 Å². The molecule has 76 valence electrons. The molecule has 0 saturated heterocycles. The van der Waals surface area contributed by atoms with Crippen molar-refractivity contribution in [1.29, 1.82) is 0 Å². The van der Waals surface area contributed by atoms with Gasteiger partial charge in [0.25, 0.3) is 5.91 Å². The highest BCUT2D eigenvalue weighted by Gasteiger charge is 2.25. The summed E-state index contributed by atoms with van der Waals surface area (Å²) in [5, 5.41) is 0. The molecule has 1 fully saturated rings. The standard InChI is InChI=1S/C10H15N3O/c1-13(8-4-2-3-5-8)10(14)9-11-6-7-12-9/h6-8H,2-5H2,1H3,(H,11,12). The minimum absolute atomic E-state index is 0.00176. The topological polar surface area (TPSA) is 49.0 Å². The average molecular weight is 193 g/mol. The van der Waals surface area contributed by atoms with Crippen molar-refractivity contribution in [2.24, 2.45) is 0 Å². The fraction of sp³-hybridized carbons (Fsp3) is 0.600. The van der Waals surface area contributed by atoms with Gasteiger partial charge in [0, 0.05) is 25.5 Å². The van der Waals surface area contributed by atoms with E-state index in [-0.39, 0.29) is 5.91 Å². The Morgan fingerprint density at radius 1 is 1.57 bits per heavy atom. The van der Waals surface area contributed by atoms with Gasteiger partial charge in [-0.15, -0.1) is 0 Å². The molecule has 0 radical (unpaired) electrons. The van der Waals surface area contributed by atoms with Gasteiger partial charge >= 0.3 is 0 Å². The van der Waals surface area contributed by atoms with Crippen molar-refractivity contribution < 1.29 is 4.79 Å². The van der Waals surface area contributed by atoms with Gasteiger partial charge in [-0.05, 0) is 12.8 Å². The molecule has 1 N–H and O–H groups in total. The summed E-state index contributed by atoms with van der Waals surface area (Å²) in [4.78, 5) is 20.4. The summed E-state index contributed by atoms with van der Waals surface area (Å²) < 4.78 is 0. The number of H-pyrrole nitrogens is 1. The summed E-state index contributed by atoms with van der Waals surface area (Å²) in [6.45, 7) is 0. The van der Waals surface area contributed by atoms with Crippen molar-refractivity contribution in [3.05, 3.63) is 18.2 Å². The Labute approximate surface area is 83.3 Å². The molecule has 0 aromatic carbocycles. The minimum atomic E-state index is 0.00176. The molecule has 0 bridgehead atoms. The van der Waals surface area contributed by atoms with Crippen molar-refractivity contribution in [3.63, 3.8) is 0 Å². The van der Waals surface area contributed by atoms with Crippen LogP contribution in [0, 0.1) is 0 Å². The number of rotatable bonds is 2. The summed E-state index contributed by atoms with van der Waals surface area (Å²) >= 11 is 0. The van der Waals surface area contributed by atoms with E-state index in [2.05, 4.69) is 9.97 Å². The first-order valence-electron chi connectivity index (χ1n) is 5.05. The number of nitrogens with one attached hydrogen (secondary N) is 1.